The van der Waals surface area contributed by atoms with Gasteiger partial charge in [-0.2, -0.15) is 10.4 Å². The lowest BCUT2D eigenvalue weighted by atomic mass is 10.0. The minimum atomic E-state index is -0.573. The quantitative estimate of drug-likeness (QED) is 0.283. The Morgan fingerprint density at radius 2 is 1.95 bits per heavy atom. The summed E-state index contributed by atoms with van der Waals surface area (Å²) in [5, 5.41) is 18.5. The van der Waals surface area contributed by atoms with Crippen LogP contribution in [0.1, 0.15) is 61.1 Å². The van der Waals surface area contributed by atoms with Crippen molar-refractivity contribution in [2.75, 3.05) is 25.9 Å². The number of nitrogens with two attached hydrogens (primary N) is 1. The number of nitrogen functional groups attached to an aromatic ring is 1. The number of ether oxygens (including phenoxy) is 2. The second-order valence-electron chi connectivity index (χ2n) is 11.4. The number of halogens is 1. The van der Waals surface area contributed by atoms with Crippen LogP contribution < -0.4 is 15.8 Å². The maximum absolute atomic E-state index is 13.8. The van der Waals surface area contributed by atoms with Crippen molar-refractivity contribution in [3.8, 4) is 23.1 Å². The van der Waals surface area contributed by atoms with Crippen molar-refractivity contribution in [1.29, 1.82) is 5.26 Å². The Morgan fingerprint density at radius 1 is 1.21 bits per heavy atom. The molecule has 5 rings (SSSR count). The molecule has 0 saturated carbocycles. The molecule has 0 aliphatic carbocycles. The predicted molar refractivity (Wildman–Crippen MR) is 159 cm³/mol. The van der Waals surface area contributed by atoms with Crippen LogP contribution in [0.25, 0.3) is 22.2 Å². The van der Waals surface area contributed by atoms with Gasteiger partial charge in [0.25, 0.3) is 5.91 Å². The van der Waals surface area contributed by atoms with E-state index in [0.29, 0.717) is 37.2 Å². The number of piperidine rings is 1. The smallest absolute Gasteiger partial charge is 0.410 e. The van der Waals surface area contributed by atoms with Crippen LogP contribution in [0, 0.1) is 17.1 Å². The van der Waals surface area contributed by atoms with E-state index in [1.54, 1.807) is 15.8 Å². The van der Waals surface area contributed by atoms with Crippen LogP contribution in [0.2, 0.25) is 0 Å². The van der Waals surface area contributed by atoms with Gasteiger partial charge in [-0.25, -0.2) is 13.9 Å². The van der Waals surface area contributed by atoms with E-state index in [1.165, 1.54) is 19.2 Å². The number of nitrogens with zero attached hydrogens (tertiary/aromatic N) is 4. The first-order valence-corrected chi connectivity index (χ1v) is 14.0. The van der Waals surface area contributed by atoms with E-state index in [1.807, 2.05) is 39.0 Å². The lowest BCUT2D eigenvalue weighted by Gasteiger charge is -2.33. The standard InChI is InChI=1S/C31H34FN7O4/c1-31(2,3)43-30(41)38-13-10-20(11-14-38)39-28(34)24(16-33)27(37-39)21-7-5-18(26-22(21)9-12-35-26)17-36-29(40)23-15-19(32)6-8-25(23)42-4/h5-9,12,15,20,35H,10-11,13-14,17,34H2,1-4H3,(H,36,40). The highest BCUT2D eigenvalue weighted by Gasteiger charge is 2.30. The van der Waals surface area contributed by atoms with Gasteiger partial charge in [-0.1, -0.05) is 12.1 Å². The van der Waals surface area contributed by atoms with Gasteiger partial charge in [-0.3, -0.25) is 4.79 Å². The summed E-state index contributed by atoms with van der Waals surface area (Å²) in [4.78, 5) is 30.2. The van der Waals surface area contributed by atoms with Gasteiger partial charge in [-0.05, 0) is 63.4 Å². The molecule has 4 N–H and O–H groups in total. The fourth-order valence-electron chi connectivity index (χ4n) is 5.34. The molecule has 3 heterocycles. The van der Waals surface area contributed by atoms with E-state index < -0.39 is 17.3 Å². The monoisotopic (exact) mass is 587 g/mol. The van der Waals surface area contributed by atoms with Crippen molar-refractivity contribution in [2.45, 2.75) is 51.8 Å². The Bertz CT molecular complexity index is 1720. The number of likely N-dealkylation sites (tertiary alicyclic amines) is 1. The van der Waals surface area contributed by atoms with Crippen LogP contribution in [0.4, 0.5) is 15.0 Å². The van der Waals surface area contributed by atoms with Crippen LogP contribution in [-0.2, 0) is 11.3 Å². The second kappa shape index (κ2) is 11.7. The number of hydrogen-bond acceptors (Lipinski definition) is 7. The van der Waals surface area contributed by atoms with E-state index in [2.05, 4.69) is 16.4 Å². The SMILES string of the molecule is COc1ccc(F)cc1C(=O)NCc1ccc(-c2nn(C3CCN(C(=O)OC(C)(C)C)CC3)c(N)c2C#N)c2cc[nH]c12. The molecule has 1 aliphatic heterocycles. The molecule has 2 aromatic heterocycles. The number of methoxy groups -OCH3 is 1. The van der Waals surface area contributed by atoms with Crippen molar-refractivity contribution < 1.29 is 23.5 Å². The maximum Gasteiger partial charge on any atom is 0.410 e. The molecule has 11 nitrogen and oxygen atoms in total. The van der Waals surface area contributed by atoms with Crippen molar-refractivity contribution >= 4 is 28.7 Å². The first kappa shape index (κ1) is 29.4. The summed E-state index contributed by atoms with van der Waals surface area (Å²) < 4.78 is 26.2. The molecular formula is C31H34FN7O4. The number of amides is 2. The topological polar surface area (TPSA) is 151 Å². The summed E-state index contributed by atoms with van der Waals surface area (Å²) >= 11 is 0. The zero-order chi connectivity index (χ0) is 30.9. The summed E-state index contributed by atoms with van der Waals surface area (Å²) in [6, 6.07) is 11.5. The van der Waals surface area contributed by atoms with E-state index in [4.69, 9.17) is 20.3 Å². The minimum Gasteiger partial charge on any atom is -0.496 e. The van der Waals surface area contributed by atoms with Gasteiger partial charge in [0.05, 0.1) is 24.2 Å². The van der Waals surface area contributed by atoms with Gasteiger partial charge < -0.3 is 30.4 Å². The molecule has 0 radical (unpaired) electrons. The second-order valence-corrected chi connectivity index (χ2v) is 11.4. The molecule has 0 atom stereocenters. The summed E-state index contributed by atoms with van der Waals surface area (Å²) in [7, 11) is 1.42. The Balaban J connectivity index is 1.37. The van der Waals surface area contributed by atoms with Gasteiger partial charge in [0.15, 0.2) is 0 Å². The molecule has 12 heteroatoms. The normalized spacial score (nSPS) is 14.0. The number of aromatic amines is 1. The molecule has 1 fully saturated rings. The molecule has 224 valence electrons. The van der Waals surface area contributed by atoms with Crippen molar-refractivity contribution in [3.05, 3.63) is 65.1 Å². The Hall–Kier alpha value is -5.05. The average molecular weight is 588 g/mol. The molecule has 1 saturated heterocycles. The van der Waals surface area contributed by atoms with Gasteiger partial charge in [0.1, 0.15) is 40.3 Å². The Labute approximate surface area is 248 Å². The van der Waals surface area contributed by atoms with Crippen LogP contribution in [0.15, 0.2) is 42.6 Å². The summed E-state index contributed by atoms with van der Waals surface area (Å²) in [6.45, 7) is 6.64. The van der Waals surface area contributed by atoms with Gasteiger partial charge in [0, 0.05) is 36.8 Å². The molecule has 0 spiro atoms. The average Bonchev–Trinajstić information content (AvgIpc) is 3.60. The van der Waals surface area contributed by atoms with E-state index in [-0.39, 0.29) is 41.4 Å². The number of nitriles is 1. The molecule has 2 amide bonds. The van der Waals surface area contributed by atoms with Crippen molar-refractivity contribution in [3.63, 3.8) is 0 Å². The summed E-state index contributed by atoms with van der Waals surface area (Å²) in [6.07, 6.45) is 2.65. The zero-order valence-corrected chi connectivity index (χ0v) is 24.5. The summed E-state index contributed by atoms with van der Waals surface area (Å²) in [5.74, 6) is -0.469. The number of anilines is 1. The third kappa shape index (κ3) is 5.97. The fourth-order valence-corrected chi connectivity index (χ4v) is 5.34. The third-order valence-corrected chi connectivity index (χ3v) is 7.43. The van der Waals surface area contributed by atoms with E-state index >= 15 is 0 Å². The third-order valence-electron chi connectivity index (χ3n) is 7.43. The Morgan fingerprint density at radius 3 is 2.63 bits per heavy atom. The number of hydrogen-bond donors (Lipinski definition) is 3. The highest BCUT2D eigenvalue weighted by atomic mass is 19.1. The number of fused-ring (bicyclic) bond motifs is 1. The number of nitrogens with one attached hydrogen (secondary N) is 2. The first-order chi connectivity index (χ1) is 20.5. The number of aromatic nitrogens is 3. The molecular weight excluding hydrogens is 553 g/mol. The van der Waals surface area contributed by atoms with Crippen LogP contribution >= 0.6 is 0 Å². The molecule has 0 bridgehead atoms. The van der Waals surface area contributed by atoms with Gasteiger partial charge in [0.2, 0.25) is 0 Å². The molecule has 0 unspecified atom stereocenters. The van der Waals surface area contributed by atoms with E-state index in [9.17, 15) is 19.2 Å². The lowest BCUT2D eigenvalue weighted by molar-refractivity contribution is 0.0185. The largest absolute Gasteiger partial charge is 0.496 e. The van der Waals surface area contributed by atoms with Crippen LogP contribution in [-0.4, -0.2) is 57.5 Å². The van der Waals surface area contributed by atoms with E-state index in [0.717, 1.165) is 22.5 Å². The molecule has 43 heavy (non-hydrogen) atoms. The number of carbonyl (C=O) groups is 2. The van der Waals surface area contributed by atoms with Crippen LogP contribution in [0.5, 0.6) is 5.75 Å². The van der Waals surface area contributed by atoms with Crippen molar-refractivity contribution in [2.24, 2.45) is 0 Å². The molecule has 4 aromatic rings. The lowest BCUT2D eigenvalue weighted by Crippen LogP contribution is -2.42. The molecule has 2 aromatic carbocycles. The van der Waals surface area contributed by atoms with Gasteiger partial charge >= 0.3 is 6.09 Å². The van der Waals surface area contributed by atoms with Crippen LogP contribution in [0.3, 0.4) is 0 Å². The first-order valence-electron chi connectivity index (χ1n) is 14.0. The Kier molecular flexibility index (Phi) is 8.00. The highest BCUT2D eigenvalue weighted by Crippen LogP contribution is 2.36. The van der Waals surface area contributed by atoms with Crippen molar-refractivity contribution in [1.82, 2.24) is 25.0 Å². The minimum absolute atomic E-state index is 0.0875. The number of benzene rings is 2. The highest BCUT2D eigenvalue weighted by molar-refractivity contribution is 5.99. The zero-order valence-electron chi connectivity index (χ0n) is 24.5. The summed E-state index contributed by atoms with van der Waals surface area (Å²) in [5.41, 5.74) is 8.97. The molecule has 1 aliphatic rings. The number of H-pyrrole nitrogens is 1. The van der Waals surface area contributed by atoms with Gasteiger partial charge in [-0.15, -0.1) is 0 Å². The fraction of sp³-hybridized carbons (Fsp3) is 0.355. The number of rotatable bonds is 6. The predicted octanol–water partition coefficient (Wildman–Crippen LogP) is 5.13. The number of carbonyl (C=O) groups excluding carboxylic acids is 2. The maximum atomic E-state index is 13.8.